The van der Waals surface area contributed by atoms with Crippen LogP contribution in [0.2, 0.25) is 0 Å². The molecule has 1 aromatic heterocycles. The second kappa shape index (κ2) is 9.46. The van der Waals surface area contributed by atoms with Crippen molar-refractivity contribution in [1.82, 2.24) is 14.9 Å². The van der Waals surface area contributed by atoms with E-state index in [0.29, 0.717) is 12.2 Å². The third-order valence-corrected chi connectivity index (χ3v) is 5.13. The Balaban J connectivity index is 1.48. The molecule has 158 valence electrons. The molecule has 0 aliphatic carbocycles. The number of rotatable bonds is 6. The number of benzene rings is 2. The standard InChI is InChI=1S/C23H22N4O4/c28-14-20-22(31-15-21(29)27(20)13-16-4-2-1-3-5-16)17-6-8-18(9-7-17)26-23(30)19-12-24-10-11-25-19/h1-12,20,22,28H,13-15H2,(H,26,30)/t20-,22-/m1/s1. The fraction of sp³-hybridized carbons (Fsp3) is 0.217. The Hall–Kier alpha value is -3.62. The van der Waals surface area contributed by atoms with E-state index < -0.39 is 12.1 Å². The van der Waals surface area contributed by atoms with E-state index in [9.17, 15) is 14.7 Å². The first-order valence-corrected chi connectivity index (χ1v) is 9.89. The van der Waals surface area contributed by atoms with E-state index in [1.165, 1.54) is 18.6 Å². The normalized spacial score (nSPS) is 18.6. The number of aliphatic hydroxyl groups is 1. The predicted molar refractivity (Wildman–Crippen MR) is 113 cm³/mol. The van der Waals surface area contributed by atoms with Crippen LogP contribution in [-0.2, 0) is 16.1 Å². The van der Waals surface area contributed by atoms with Gasteiger partial charge in [-0.25, -0.2) is 4.98 Å². The smallest absolute Gasteiger partial charge is 0.275 e. The molecule has 2 heterocycles. The number of carbonyl (C=O) groups excluding carboxylic acids is 2. The van der Waals surface area contributed by atoms with Crippen LogP contribution >= 0.6 is 0 Å². The van der Waals surface area contributed by atoms with Crippen LogP contribution in [0, 0.1) is 0 Å². The molecule has 2 aromatic carbocycles. The Morgan fingerprint density at radius 2 is 1.90 bits per heavy atom. The van der Waals surface area contributed by atoms with Crippen LogP contribution in [0.25, 0.3) is 0 Å². The lowest BCUT2D eigenvalue weighted by Gasteiger charge is -2.40. The number of amides is 2. The number of carbonyl (C=O) groups is 2. The van der Waals surface area contributed by atoms with E-state index >= 15 is 0 Å². The molecule has 4 rings (SSSR count). The van der Waals surface area contributed by atoms with Gasteiger partial charge in [0, 0.05) is 24.6 Å². The lowest BCUT2D eigenvalue weighted by molar-refractivity contribution is -0.162. The topological polar surface area (TPSA) is 105 Å². The minimum Gasteiger partial charge on any atom is -0.394 e. The highest BCUT2D eigenvalue weighted by Gasteiger charge is 2.37. The number of nitrogens with one attached hydrogen (secondary N) is 1. The van der Waals surface area contributed by atoms with Gasteiger partial charge in [0.1, 0.15) is 18.4 Å². The van der Waals surface area contributed by atoms with Crippen molar-refractivity contribution >= 4 is 17.5 Å². The van der Waals surface area contributed by atoms with Gasteiger partial charge >= 0.3 is 0 Å². The van der Waals surface area contributed by atoms with E-state index in [0.717, 1.165) is 11.1 Å². The Bertz CT molecular complexity index is 1030. The van der Waals surface area contributed by atoms with Gasteiger partial charge in [-0.2, -0.15) is 0 Å². The van der Waals surface area contributed by atoms with Gasteiger partial charge in [0.25, 0.3) is 5.91 Å². The van der Waals surface area contributed by atoms with Crippen LogP contribution in [0.15, 0.2) is 73.2 Å². The largest absolute Gasteiger partial charge is 0.394 e. The lowest BCUT2D eigenvalue weighted by Crippen LogP contribution is -2.52. The van der Waals surface area contributed by atoms with Gasteiger partial charge in [-0.05, 0) is 23.3 Å². The van der Waals surface area contributed by atoms with Crippen LogP contribution in [-0.4, -0.2) is 51.0 Å². The number of nitrogens with zero attached hydrogens (tertiary/aromatic N) is 3. The molecule has 1 aliphatic heterocycles. The van der Waals surface area contributed by atoms with E-state index in [2.05, 4.69) is 15.3 Å². The predicted octanol–water partition coefficient (Wildman–Crippen LogP) is 2.19. The van der Waals surface area contributed by atoms with Crippen molar-refractivity contribution in [3.05, 3.63) is 90.0 Å². The molecule has 2 N–H and O–H groups in total. The number of aliphatic hydroxyl groups excluding tert-OH is 1. The molecule has 0 radical (unpaired) electrons. The summed E-state index contributed by atoms with van der Waals surface area (Å²) in [6.45, 7) is 0.116. The van der Waals surface area contributed by atoms with Gasteiger partial charge in [-0.3, -0.25) is 14.6 Å². The van der Waals surface area contributed by atoms with Crippen molar-refractivity contribution in [2.24, 2.45) is 0 Å². The second-order valence-electron chi connectivity index (χ2n) is 7.16. The van der Waals surface area contributed by atoms with Crippen LogP contribution in [0.5, 0.6) is 0 Å². The maximum atomic E-state index is 12.5. The molecule has 2 atom stereocenters. The minimum absolute atomic E-state index is 0.0564. The van der Waals surface area contributed by atoms with Gasteiger partial charge < -0.3 is 20.1 Å². The molecule has 1 aliphatic rings. The minimum atomic E-state index is -0.513. The molecular weight excluding hydrogens is 396 g/mol. The number of anilines is 1. The molecule has 8 heteroatoms. The van der Waals surface area contributed by atoms with Crippen molar-refractivity contribution in [2.75, 3.05) is 18.5 Å². The van der Waals surface area contributed by atoms with Crippen LogP contribution in [0.3, 0.4) is 0 Å². The summed E-state index contributed by atoms with van der Waals surface area (Å²) in [7, 11) is 0. The molecule has 0 bridgehead atoms. The Morgan fingerprint density at radius 3 is 2.58 bits per heavy atom. The summed E-state index contributed by atoms with van der Waals surface area (Å²) in [6.07, 6.45) is 3.87. The van der Waals surface area contributed by atoms with Crippen molar-refractivity contribution in [3.8, 4) is 0 Å². The van der Waals surface area contributed by atoms with E-state index in [-0.39, 0.29) is 30.7 Å². The first-order chi connectivity index (χ1) is 15.2. The summed E-state index contributed by atoms with van der Waals surface area (Å²) in [5.74, 6) is -0.519. The molecule has 3 aromatic rings. The van der Waals surface area contributed by atoms with Gasteiger partial charge in [-0.1, -0.05) is 42.5 Å². The summed E-state index contributed by atoms with van der Waals surface area (Å²) >= 11 is 0. The van der Waals surface area contributed by atoms with Crippen LogP contribution < -0.4 is 5.32 Å². The Morgan fingerprint density at radius 1 is 1.13 bits per heavy atom. The quantitative estimate of drug-likeness (QED) is 0.636. The fourth-order valence-corrected chi connectivity index (χ4v) is 3.57. The van der Waals surface area contributed by atoms with Crippen molar-refractivity contribution < 1.29 is 19.4 Å². The first-order valence-electron chi connectivity index (χ1n) is 9.89. The summed E-state index contributed by atoms with van der Waals surface area (Å²) in [5, 5.41) is 12.8. The average Bonchev–Trinajstić information content (AvgIpc) is 2.82. The number of hydrogen-bond donors (Lipinski definition) is 2. The highest BCUT2D eigenvalue weighted by molar-refractivity contribution is 6.02. The zero-order chi connectivity index (χ0) is 21.6. The summed E-state index contributed by atoms with van der Waals surface area (Å²) < 4.78 is 5.78. The third-order valence-electron chi connectivity index (χ3n) is 5.13. The Kier molecular flexibility index (Phi) is 6.30. The highest BCUT2D eigenvalue weighted by Crippen LogP contribution is 2.31. The number of morpholine rings is 1. The third kappa shape index (κ3) is 4.76. The van der Waals surface area contributed by atoms with Crippen LogP contribution in [0.1, 0.15) is 27.7 Å². The Labute approximate surface area is 179 Å². The molecule has 2 amide bonds. The average molecular weight is 418 g/mol. The molecular formula is C23H22N4O4. The van der Waals surface area contributed by atoms with Crippen molar-refractivity contribution in [3.63, 3.8) is 0 Å². The van der Waals surface area contributed by atoms with Crippen molar-refractivity contribution in [2.45, 2.75) is 18.7 Å². The molecule has 0 unspecified atom stereocenters. The van der Waals surface area contributed by atoms with E-state index in [4.69, 9.17) is 4.74 Å². The number of ether oxygens (including phenoxy) is 1. The number of hydrogen-bond acceptors (Lipinski definition) is 6. The monoisotopic (exact) mass is 418 g/mol. The molecule has 0 spiro atoms. The maximum Gasteiger partial charge on any atom is 0.275 e. The maximum absolute atomic E-state index is 12.5. The zero-order valence-electron chi connectivity index (χ0n) is 16.7. The molecule has 31 heavy (non-hydrogen) atoms. The summed E-state index contributed by atoms with van der Waals surface area (Å²) in [6, 6.07) is 16.3. The lowest BCUT2D eigenvalue weighted by atomic mass is 9.98. The van der Waals surface area contributed by atoms with Crippen LogP contribution in [0.4, 0.5) is 5.69 Å². The van der Waals surface area contributed by atoms with Gasteiger partial charge in [0.2, 0.25) is 5.91 Å². The van der Waals surface area contributed by atoms with Gasteiger partial charge in [-0.15, -0.1) is 0 Å². The first kappa shape index (κ1) is 20.6. The van der Waals surface area contributed by atoms with Crippen molar-refractivity contribution in [1.29, 1.82) is 0 Å². The molecule has 1 saturated heterocycles. The SMILES string of the molecule is O=C(Nc1ccc([C@H]2OCC(=O)N(Cc3ccccc3)[C@@H]2CO)cc1)c1cnccn1. The molecule has 1 fully saturated rings. The summed E-state index contributed by atoms with van der Waals surface area (Å²) in [4.78, 5) is 34.2. The molecule has 0 saturated carbocycles. The fourth-order valence-electron chi connectivity index (χ4n) is 3.57. The second-order valence-corrected chi connectivity index (χ2v) is 7.16. The van der Waals surface area contributed by atoms with Gasteiger partial charge in [0.05, 0.1) is 18.8 Å². The zero-order valence-corrected chi connectivity index (χ0v) is 16.7. The summed E-state index contributed by atoms with van der Waals surface area (Å²) in [5.41, 5.74) is 2.60. The van der Waals surface area contributed by atoms with Gasteiger partial charge in [0.15, 0.2) is 0 Å². The highest BCUT2D eigenvalue weighted by atomic mass is 16.5. The van der Waals surface area contributed by atoms with E-state index in [1.54, 1.807) is 17.0 Å². The van der Waals surface area contributed by atoms with E-state index in [1.807, 2.05) is 42.5 Å². The number of aromatic nitrogens is 2. The molecule has 8 nitrogen and oxygen atoms in total.